The molecule has 0 atom stereocenters. The molecule has 0 saturated carbocycles. The Kier molecular flexibility index (Phi) is 6.77. The lowest BCUT2D eigenvalue weighted by molar-refractivity contribution is 0.0783. The highest BCUT2D eigenvalue weighted by Gasteiger charge is 2.22. The molecule has 0 aliphatic heterocycles. The number of carbonyl (C=O) groups excluding carboxylic acids is 1. The smallest absolute Gasteiger partial charge is 0.278 e. The van der Waals surface area contributed by atoms with E-state index >= 15 is 0 Å². The van der Waals surface area contributed by atoms with E-state index in [9.17, 15) is 4.79 Å². The summed E-state index contributed by atoms with van der Waals surface area (Å²) in [4.78, 5) is 14.3. The van der Waals surface area contributed by atoms with Gasteiger partial charge in [-0.2, -0.15) is 5.10 Å². The van der Waals surface area contributed by atoms with Gasteiger partial charge in [-0.1, -0.05) is 18.2 Å². The van der Waals surface area contributed by atoms with Crippen LogP contribution in [0.5, 0.6) is 5.75 Å². The van der Waals surface area contributed by atoms with E-state index in [4.69, 9.17) is 9.47 Å². The van der Waals surface area contributed by atoms with Gasteiger partial charge in [-0.15, -0.1) is 0 Å². The van der Waals surface area contributed by atoms with Crippen LogP contribution in [-0.4, -0.2) is 68.1 Å². The van der Waals surface area contributed by atoms with Gasteiger partial charge in [-0.05, 0) is 19.2 Å². The molecule has 0 radical (unpaired) electrons. The van der Waals surface area contributed by atoms with Gasteiger partial charge in [0.2, 0.25) is 0 Å². The molecule has 0 unspecified atom stereocenters. The minimum atomic E-state index is -0.174. The minimum absolute atomic E-state index is 0.174. The van der Waals surface area contributed by atoms with Crippen molar-refractivity contribution >= 4 is 5.91 Å². The highest BCUT2D eigenvalue weighted by molar-refractivity contribution is 5.94. The van der Waals surface area contributed by atoms with Gasteiger partial charge >= 0.3 is 0 Å². The summed E-state index contributed by atoms with van der Waals surface area (Å²) in [7, 11) is 5.20. The number of benzene rings is 1. The molecule has 7 nitrogen and oxygen atoms in total. The number of rotatable bonds is 9. The third kappa shape index (κ3) is 4.56. The van der Waals surface area contributed by atoms with Gasteiger partial charge in [-0.25, -0.2) is 4.68 Å². The molecular weight excluding hydrogens is 308 g/mol. The molecule has 0 aliphatic rings. The second kappa shape index (κ2) is 9.05. The maximum atomic E-state index is 12.7. The molecule has 1 heterocycles. The third-order valence-corrected chi connectivity index (χ3v) is 3.49. The molecule has 2 rings (SSSR count). The van der Waals surface area contributed by atoms with Gasteiger partial charge in [0.25, 0.3) is 5.91 Å². The van der Waals surface area contributed by atoms with Crippen LogP contribution < -0.4 is 10.1 Å². The highest BCUT2D eigenvalue weighted by atomic mass is 16.5. The van der Waals surface area contributed by atoms with Crippen molar-refractivity contribution in [2.75, 3.05) is 47.5 Å². The number of methoxy groups -OCH3 is 1. The summed E-state index contributed by atoms with van der Waals surface area (Å²) in [5, 5.41) is 7.45. The van der Waals surface area contributed by atoms with Gasteiger partial charge in [0.1, 0.15) is 6.61 Å². The van der Waals surface area contributed by atoms with Gasteiger partial charge in [0.15, 0.2) is 11.4 Å². The largest absolute Gasteiger partial charge is 0.487 e. The Morgan fingerprint density at radius 3 is 2.71 bits per heavy atom. The van der Waals surface area contributed by atoms with Crippen molar-refractivity contribution in [2.45, 2.75) is 0 Å². The average molecular weight is 332 g/mol. The first-order chi connectivity index (χ1) is 11.7. The first kappa shape index (κ1) is 18.0. The van der Waals surface area contributed by atoms with Crippen LogP contribution in [0.3, 0.4) is 0 Å². The Morgan fingerprint density at radius 1 is 1.29 bits per heavy atom. The summed E-state index contributed by atoms with van der Waals surface area (Å²) in [6.07, 6.45) is 1.73. The number of hydrogen-bond donors (Lipinski definition) is 1. The minimum Gasteiger partial charge on any atom is -0.487 e. The van der Waals surface area contributed by atoms with E-state index in [1.54, 1.807) is 29.9 Å². The van der Waals surface area contributed by atoms with E-state index in [2.05, 4.69) is 10.4 Å². The van der Waals surface area contributed by atoms with E-state index in [-0.39, 0.29) is 5.91 Å². The molecule has 1 amide bonds. The predicted octanol–water partition coefficient (Wildman–Crippen LogP) is 1.19. The zero-order chi connectivity index (χ0) is 17.4. The number of amides is 1. The van der Waals surface area contributed by atoms with E-state index in [0.29, 0.717) is 37.7 Å². The molecule has 0 aliphatic carbocycles. The fourth-order valence-electron chi connectivity index (χ4n) is 2.12. The second-order valence-corrected chi connectivity index (χ2v) is 5.29. The van der Waals surface area contributed by atoms with Crippen molar-refractivity contribution in [2.24, 2.45) is 0 Å². The van der Waals surface area contributed by atoms with E-state index < -0.39 is 0 Å². The fourth-order valence-corrected chi connectivity index (χ4v) is 2.12. The number of aromatic nitrogens is 2. The van der Waals surface area contributed by atoms with E-state index in [1.165, 1.54) is 0 Å². The molecule has 1 aromatic carbocycles. The molecule has 130 valence electrons. The fraction of sp³-hybridized carbons (Fsp3) is 0.412. The van der Waals surface area contributed by atoms with Crippen LogP contribution in [0, 0.1) is 0 Å². The van der Waals surface area contributed by atoms with Crippen LogP contribution in [0.25, 0.3) is 5.69 Å². The molecule has 1 aromatic heterocycles. The number of nitrogens with one attached hydrogen (secondary N) is 1. The van der Waals surface area contributed by atoms with Gasteiger partial charge in [0, 0.05) is 27.2 Å². The van der Waals surface area contributed by atoms with Gasteiger partial charge in [-0.3, -0.25) is 4.79 Å². The SMILES string of the molecule is CNCCN(C)C(=O)c1nn(-c2ccccc2)cc1OCCOC. The molecule has 0 fully saturated rings. The number of likely N-dealkylation sites (N-methyl/N-ethyl adjacent to an activating group) is 2. The second-order valence-electron chi connectivity index (χ2n) is 5.29. The lowest BCUT2D eigenvalue weighted by Crippen LogP contribution is -2.33. The Balaban J connectivity index is 2.26. The molecule has 0 bridgehead atoms. The van der Waals surface area contributed by atoms with Crippen molar-refractivity contribution in [1.82, 2.24) is 20.0 Å². The van der Waals surface area contributed by atoms with Crippen LogP contribution in [0.2, 0.25) is 0 Å². The summed E-state index contributed by atoms with van der Waals surface area (Å²) in [6, 6.07) is 9.61. The molecule has 2 aromatic rings. The maximum absolute atomic E-state index is 12.7. The third-order valence-electron chi connectivity index (χ3n) is 3.49. The summed E-state index contributed by atoms with van der Waals surface area (Å²) in [6.45, 7) is 2.10. The summed E-state index contributed by atoms with van der Waals surface area (Å²) in [5.41, 5.74) is 1.17. The summed E-state index contributed by atoms with van der Waals surface area (Å²) < 4.78 is 12.3. The van der Waals surface area contributed by atoms with Gasteiger partial charge in [0.05, 0.1) is 18.5 Å². The average Bonchev–Trinajstić information content (AvgIpc) is 3.04. The Labute approximate surface area is 142 Å². The molecule has 0 saturated heterocycles. The summed E-state index contributed by atoms with van der Waals surface area (Å²) >= 11 is 0. The van der Waals surface area contributed by atoms with Crippen LogP contribution in [0.4, 0.5) is 0 Å². The van der Waals surface area contributed by atoms with Crippen LogP contribution >= 0.6 is 0 Å². The van der Waals surface area contributed by atoms with Crippen molar-refractivity contribution in [3.8, 4) is 11.4 Å². The van der Waals surface area contributed by atoms with Crippen LogP contribution in [-0.2, 0) is 4.74 Å². The van der Waals surface area contributed by atoms with Crippen molar-refractivity contribution in [1.29, 1.82) is 0 Å². The van der Waals surface area contributed by atoms with Crippen molar-refractivity contribution in [3.63, 3.8) is 0 Å². The topological polar surface area (TPSA) is 68.6 Å². The zero-order valence-electron chi connectivity index (χ0n) is 14.4. The molecule has 1 N–H and O–H groups in total. The lowest BCUT2D eigenvalue weighted by atomic mass is 10.3. The Bertz CT molecular complexity index is 643. The van der Waals surface area contributed by atoms with Gasteiger partial charge < -0.3 is 19.7 Å². The molecule has 7 heteroatoms. The van der Waals surface area contributed by atoms with Crippen molar-refractivity contribution < 1.29 is 14.3 Å². The Morgan fingerprint density at radius 2 is 2.04 bits per heavy atom. The molecule has 0 spiro atoms. The normalized spacial score (nSPS) is 10.6. The van der Waals surface area contributed by atoms with E-state index in [0.717, 1.165) is 5.69 Å². The standard InChI is InChI=1S/C17H24N4O3/c1-18-9-10-20(2)17(22)16-15(24-12-11-23-3)13-21(19-16)14-7-5-4-6-8-14/h4-8,13,18H,9-12H2,1-3H3. The predicted molar refractivity (Wildman–Crippen MR) is 91.8 cm³/mol. The molecular formula is C17H24N4O3. The number of para-hydroxylation sites is 1. The lowest BCUT2D eigenvalue weighted by Gasteiger charge is -2.16. The zero-order valence-corrected chi connectivity index (χ0v) is 14.4. The number of ether oxygens (including phenoxy) is 2. The molecule has 24 heavy (non-hydrogen) atoms. The van der Waals surface area contributed by atoms with Crippen molar-refractivity contribution in [3.05, 3.63) is 42.2 Å². The Hall–Kier alpha value is -2.38. The van der Waals surface area contributed by atoms with Crippen LogP contribution in [0.1, 0.15) is 10.5 Å². The quantitative estimate of drug-likeness (QED) is 0.699. The number of carbonyl (C=O) groups is 1. The first-order valence-corrected chi connectivity index (χ1v) is 7.84. The van der Waals surface area contributed by atoms with E-state index in [1.807, 2.05) is 37.4 Å². The first-order valence-electron chi connectivity index (χ1n) is 7.84. The number of nitrogens with zero attached hydrogens (tertiary/aromatic N) is 3. The highest BCUT2D eigenvalue weighted by Crippen LogP contribution is 2.21. The number of hydrogen-bond acceptors (Lipinski definition) is 5. The monoisotopic (exact) mass is 332 g/mol. The maximum Gasteiger partial charge on any atom is 0.278 e. The summed E-state index contributed by atoms with van der Waals surface area (Å²) in [5.74, 6) is 0.282. The van der Waals surface area contributed by atoms with Crippen LogP contribution in [0.15, 0.2) is 36.5 Å².